The number of carbonyl (C=O) groups excluding carboxylic acids is 1. The maximum absolute atomic E-state index is 12.5. The topological polar surface area (TPSA) is 86.2 Å². The van der Waals surface area contributed by atoms with E-state index in [9.17, 15) is 9.59 Å². The highest BCUT2D eigenvalue weighted by atomic mass is 32.2. The maximum atomic E-state index is 12.5. The molecule has 8 heteroatoms. The molecule has 1 N–H and O–H groups in total. The predicted molar refractivity (Wildman–Crippen MR) is 92.4 cm³/mol. The Hall–Kier alpha value is -2.22. The molecule has 1 aromatic carbocycles. The van der Waals surface area contributed by atoms with Crippen molar-refractivity contribution in [1.82, 2.24) is 14.8 Å². The lowest BCUT2D eigenvalue weighted by molar-refractivity contribution is 0.101. The van der Waals surface area contributed by atoms with Gasteiger partial charge in [0.2, 0.25) is 0 Å². The number of rotatable bonds is 9. The first-order valence-corrected chi connectivity index (χ1v) is 8.62. The van der Waals surface area contributed by atoms with E-state index >= 15 is 0 Å². The Morgan fingerprint density at radius 1 is 1.33 bits per heavy atom. The van der Waals surface area contributed by atoms with Crippen molar-refractivity contribution in [3.8, 4) is 11.5 Å². The van der Waals surface area contributed by atoms with E-state index in [2.05, 4.69) is 17.1 Å². The summed E-state index contributed by atoms with van der Waals surface area (Å²) in [5.41, 5.74) is 0.226. The fraction of sp³-hybridized carbons (Fsp3) is 0.438. The number of unbranched alkanes of at least 4 members (excludes halogenated alkanes) is 1. The molecule has 24 heavy (non-hydrogen) atoms. The van der Waals surface area contributed by atoms with Crippen LogP contribution in [0.15, 0.2) is 28.2 Å². The average Bonchev–Trinajstić information content (AvgIpc) is 2.96. The highest BCUT2D eigenvalue weighted by Gasteiger charge is 2.16. The van der Waals surface area contributed by atoms with Crippen LogP contribution in [0.2, 0.25) is 0 Å². The molecule has 0 bridgehead atoms. The van der Waals surface area contributed by atoms with E-state index in [0.717, 1.165) is 12.8 Å². The second-order valence-corrected chi connectivity index (χ2v) is 6.04. The Morgan fingerprint density at radius 3 is 2.79 bits per heavy atom. The Morgan fingerprint density at radius 2 is 2.12 bits per heavy atom. The lowest BCUT2D eigenvalue weighted by Gasteiger charge is -2.09. The molecule has 1 aromatic heterocycles. The summed E-state index contributed by atoms with van der Waals surface area (Å²) >= 11 is 1.23. The zero-order valence-electron chi connectivity index (χ0n) is 14.0. The number of methoxy groups -OCH3 is 2. The molecule has 0 saturated carbocycles. The van der Waals surface area contributed by atoms with Crippen molar-refractivity contribution in [2.75, 3.05) is 20.0 Å². The van der Waals surface area contributed by atoms with Gasteiger partial charge >= 0.3 is 5.69 Å². The van der Waals surface area contributed by atoms with E-state index in [1.54, 1.807) is 29.9 Å². The third-order valence-corrected chi connectivity index (χ3v) is 4.48. The molecule has 0 radical (unpaired) electrons. The minimum Gasteiger partial charge on any atom is -0.497 e. The largest absolute Gasteiger partial charge is 0.497 e. The quantitative estimate of drug-likeness (QED) is 0.551. The minimum absolute atomic E-state index is 0.100. The number of nitrogens with one attached hydrogen (secondary N) is 1. The van der Waals surface area contributed by atoms with Crippen LogP contribution < -0.4 is 15.2 Å². The van der Waals surface area contributed by atoms with E-state index < -0.39 is 0 Å². The zero-order valence-corrected chi connectivity index (χ0v) is 14.8. The van der Waals surface area contributed by atoms with E-state index in [1.165, 1.54) is 18.9 Å². The molecule has 0 atom stereocenters. The van der Waals surface area contributed by atoms with Gasteiger partial charge in [-0.1, -0.05) is 25.1 Å². The second kappa shape index (κ2) is 8.58. The van der Waals surface area contributed by atoms with Crippen LogP contribution in [0.25, 0.3) is 0 Å². The van der Waals surface area contributed by atoms with Gasteiger partial charge in [0.15, 0.2) is 10.9 Å². The van der Waals surface area contributed by atoms with Crippen molar-refractivity contribution in [2.24, 2.45) is 0 Å². The second-order valence-electron chi connectivity index (χ2n) is 5.09. The van der Waals surface area contributed by atoms with Crippen molar-refractivity contribution < 1.29 is 14.3 Å². The van der Waals surface area contributed by atoms with Crippen LogP contribution in [-0.2, 0) is 6.54 Å². The molecule has 2 aromatic rings. The average molecular weight is 351 g/mol. The standard InChI is InChI=1S/C16H21N3O4S/c1-4-5-8-19-15(21)17-18-16(19)24-10-13(20)12-7-6-11(22-2)9-14(12)23-3/h6-7,9H,4-5,8,10H2,1-3H3,(H,17,21). The summed E-state index contributed by atoms with van der Waals surface area (Å²) in [7, 11) is 3.06. The van der Waals surface area contributed by atoms with E-state index in [1.807, 2.05) is 0 Å². The number of aromatic nitrogens is 3. The first-order valence-electron chi connectivity index (χ1n) is 7.64. The molecule has 0 fully saturated rings. The van der Waals surface area contributed by atoms with Gasteiger partial charge in [-0.25, -0.2) is 9.89 Å². The number of aromatic amines is 1. The molecule has 0 amide bonds. The Bertz CT molecular complexity index is 754. The number of nitrogens with zero attached hydrogens (tertiary/aromatic N) is 2. The fourth-order valence-electron chi connectivity index (χ4n) is 2.16. The number of benzene rings is 1. The van der Waals surface area contributed by atoms with Gasteiger partial charge < -0.3 is 9.47 Å². The summed E-state index contributed by atoms with van der Waals surface area (Å²) < 4.78 is 11.9. The fourth-order valence-corrected chi connectivity index (χ4v) is 3.02. The highest BCUT2D eigenvalue weighted by Crippen LogP contribution is 2.26. The van der Waals surface area contributed by atoms with Crippen LogP contribution in [0.5, 0.6) is 11.5 Å². The van der Waals surface area contributed by atoms with Crippen molar-refractivity contribution >= 4 is 17.5 Å². The molecule has 0 unspecified atom stereocenters. The molecule has 1 heterocycles. The number of thioether (sulfide) groups is 1. The summed E-state index contributed by atoms with van der Waals surface area (Å²) in [6.45, 7) is 2.64. The van der Waals surface area contributed by atoms with Crippen molar-refractivity contribution in [3.05, 3.63) is 34.2 Å². The van der Waals surface area contributed by atoms with Crippen molar-refractivity contribution in [1.29, 1.82) is 0 Å². The van der Waals surface area contributed by atoms with E-state index in [4.69, 9.17) is 9.47 Å². The van der Waals surface area contributed by atoms with Crippen molar-refractivity contribution in [2.45, 2.75) is 31.5 Å². The number of ether oxygens (including phenoxy) is 2. The molecule has 7 nitrogen and oxygen atoms in total. The molecular weight excluding hydrogens is 330 g/mol. The van der Waals surface area contributed by atoms with Gasteiger partial charge in [-0.15, -0.1) is 5.10 Å². The monoisotopic (exact) mass is 351 g/mol. The molecular formula is C16H21N3O4S. The van der Waals surface area contributed by atoms with Crippen LogP contribution in [0.1, 0.15) is 30.1 Å². The number of hydrogen-bond donors (Lipinski definition) is 1. The minimum atomic E-state index is -0.250. The smallest absolute Gasteiger partial charge is 0.343 e. The summed E-state index contributed by atoms with van der Waals surface area (Å²) in [5, 5.41) is 6.94. The van der Waals surface area contributed by atoms with Gasteiger partial charge in [-0.2, -0.15) is 0 Å². The molecule has 0 aliphatic carbocycles. The highest BCUT2D eigenvalue weighted by molar-refractivity contribution is 7.99. The summed E-state index contributed by atoms with van der Waals surface area (Å²) in [4.78, 5) is 24.2. The van der Waals surface area contributed by atoms with Gasteiger partial charge in [-0.05, 0) is 18.6 Å². The third-order valence-electron chi connectivity index (χ3n) is 3.50. The molecule has 2 rings (SSSR count). The van der Waals surface area contributed by atoms with E-state index in [0.29, 0.717) is 28.8 Å². The van der Waals surface area contributed by atoms with Gasteiger partial charge in [0, 0.05) is 12.6 Å². The number of ketones is 1. The summed E-state index contributed by atoms with van der Waals surface area (Å²) in [6.07, 6.45) is 1.86. The first kappa shape index (κ1) is 18.1. The third kappa shape index (κ3) is 4.19. The normalized spacial score (nSPS) is 10.6. The first-order chi connectivity index (χ1) is 11.6. The Kier molecular flexibility index (Phi) is 6.48. The van der Waals surface area contributed by atoms with Crippen molar-refractivity contribution in [3.63, 3.8) is 0 Å². The molecule has 0 saturated heterocycles. The van der Waals surface area contributed by atoms with Crippen LogP contribution >= 0.6 is 11.8 Å². The predicted octanol–water partition coefficient (Wildman–Crippen LogP) is 2.36. The Labute approximate surface area is 144 Å². The van der Waals surface area contributed by atoms with Gasteiger partial charge in [0.05, 0.1) is 25.5 Å². The maximum Gasteiger partial charge on any atom is 0.343 e. The number of carbonyl (C=O) groups is 1. The van der Waals surface area contributed by atoms with E-state index in [-0.39, 0.29) is 17.2 Å². The lowest BCUT2D eigenvalue weighted by atomic mass is 10.1. The molecule has 0 aliphatic heterocycles. The summed E-state index contributed by atoms with van der Waals surface area (Å²) in [5.74, 6) is 1.15. The number of hydrogen-bond acceptors (Lipinski definition) is 6. The zero-order chi connectivity index (χ0) is 17.5. The summed E-state index contributed by atoms with van der Waals surface area (Å²) in [6, 6.07) is 5.06. The lowest BCUT2D eigenvalue weighted by Crippen LogP contribution is -2.18. The Balaban J connectivity index is 2.10. The molecule has 0 aliphatic rings. The van der Waals surface area contributed by atoms with Gasteiger partial charge in [-0.3, -0.25) is 9.36 Å². The molecule has 0 spiro atoms. The van der Waals surface area contributed by atoms with Crippen LogP contribution in [0, 0.1) is 0 Å². The SMILES string of the molecule is CCCCn1c(SCC(=O)c2ccc(OC)cc2OC)n[nH]c1=O. The van der Waals surface area contributed by atoms with Crippen LogP contribution in [0.3, 0.4) is 0 Å². The van der Waals surface area contributed by atoms with Gasteiger partial charge in [0.25, 0.3) is 0 Å². The number of Topliss-reactive ketones (excluding diaryl/α,β-unsaturated/α-hetero) is 1. The van der Waals surface area contributed by atoms with Gasteiger partial charge in [0.1, 0.15) is 11.5 Å². The van der Waals surface area contributed by atoms with Crippen LogP contribution in [-0.4, -0.2) is 40.5 Å². The molecule has 130 valence electrons. The van der Waals surface area contributed by atoms with Crippen LogP contribution in [0.4, 0.5) is 0 Å². The number of H-pyrrole nitrogens is 1.